The summed E-state index contributed by atoms with van der Waals surface area (Å²) in [5, 5.41) is 5.61. The summed E-state index contributed by atoms with van der Waals surface area (Å²) in [6.45, 7) is 6.38. The first-order valence-corrected chi connectivity index (χ1v) is 7.26. The third kappa shape index (κ3) is 4.33. The van der Waals surface area contributed by atoms with E-state index in [9.17, 15) is 4.79 Å². The van der Waals surface area contributed by atoms with Gasteiger partial charge in [0.15, 0.2) is 10.9 Å². The predicted molar refractivity (Wildman–Crippen MR) is 90.9 cm³/mol. The molecule has 1 aromatic heterocycles. The molecule has 0 saturated carbocycles. The van der Waals surface area contributed by atoms with Crippen molar-refractivity contribution in [1.29, 1.82) is 0 Å². The standard InChI is InChI=1S/C16H18N4OS/c1-16(2,3)12-6-4-11(5-7-12)14(21)20-15(22)19-13-10-17-8-9-18-13/h4-10H,1-3H3,(H2,18,19,20,21,22). The Bertz CT molecular complexity index is 663. The Labute approximate surface area is 135 Å². The van der Waals surface area contributed by atoms with E-state index in [1.165, 1.54) is 18.0 Å². The van der Waals surface area contributed by atoms with Gasteiger partial charge in [0.25, 0.3) is 5.91 Å². The van der Waals surface area contributed by atoms with Crippen molar-refractivity contribution < 1.29 is 4.79 Å². The minimum absolute atomic E-state index is 0.0534. The molecule has 5 nitrogen and oxygen atoms in total. The van der Waals surface area contributed by atoms with Crippen molar-refractivity contribution in [2.45, 2.75) is 26.2 Å². The van der Waals surface area contributed by atoms with Gasteiger partial charge in [0.05, 0.1) is 6.20 Å². The quantitative estimate of drug-likeness (QED) is 0.834. The van der Waals surface area contributed by atoms with Crippen LogP contribution in [0.25, 0.3) is 0 Å². The molecule has 0 radical (unpaired) electrons. The number of aromatic nitrogens is 2. The van der Waals surface area contributed by atoms with Crippen molar-refractivity contribution in [3.8, 4) is 0 Å². The molecule has 0 bridgehead atoms. The lowest BCUT2D eigenvalue weighted by Crippen LogP contribution is -2.34. The average Bonchev–Trinajstić information content (AvgIpc) is 2.47. The van der Waals surface area contributed by atoms with Gasteiger partial charge < -0.3 is 5.32 Å². The van der Waals surface area contributed by atoms with Gasteiger partial charge in [0.1, 0.15) is 0 Å². The Kier molecular flexibility index (Phi) is 4.82. The largest absolute Gasteiger partial charge is 0.316 e. The number of carbonyl (C=O) groups is 1. The second-order valence-electron chi connectivity index (χ2n) is 5.83. The van der Waals surface area contributed by atoms with Crippen molar-refractivity contribution >= 4 is 29.1 Å². The Morgan fingerprint density at radius 2 is 1.82 bits per heavy atom. The van der Waals surface area contributed by atoms with Crippen LogP contribution < -0.4 is 10.6 Å². The van der Waals surface area contributed by atoms with Gasteiger partial charge >= 0.3 is 0 Å². The maximum Gasteiger partial charge on any atom is 0.257 e. The minimum atomic E-state index is -0.262. The number of amides is 1. The van der Waals surface area contributed by atoms with Crippen LogP contribution in [-0.2, 0) is 5.41 Å². The third-order valence-corrected chi connectivity index (χ3v) is 3.25. The molecule has 2 N–H and O–H groups in total. The van der Waals surface area contributed by atoms with E-state index < -0.39 is 0 Å². The number of thiocarbonyl (C=S) groups is 1. The molecule has 2 rings (SSSR count). The van der Waals surface area contributed by atoms with Crippen LogP contribution in [0.3, 0.4) is 0 Å². The summed E-state index contributed by atoms with van der Waals surface area (Å²) in [5.41, 5.74) is 1.78. The summed E-state index contributed by atoms with van der Waals surface area (Å²) in [4.78, 5) is 20.1. The molecule has 114 valence electrons. The van der Waals surface area contributed by atoms with Crippen molar-refractivity contribution in [3.05, 3.63) is 54.0 Å². The highest BCUT2D eigenvalue weighted by molar-refractivity contribution is 7.80. The minimum Gasteiger partial charge on any atom is -0.316 e. The molecule has 0 saturated heterocycles. The molecule has 0 spiro atoms. The van der Waals surface area contributed by atoms with Crippen molar-refractivity contribution in [2.75, 3.05) is 5.32 Å². The first-order valence-electron chi connectivity index (χ1n) is 6.85. The summed E-state index contributed by atoms with van der Waals surface area (Å²) in [7, 11) is 0. The third-order valence-electron chi connectivity index (χ3n) is 3.04. The molecule has 0 fully saturated rings. The number of nitrogens with one attached hydrogen (secondary N) is 2. The van der Waals surface area contributed by atoms with Crippen LogP contribution in [0.4, 0.5) is 5.82 Å². The molecular formula is C16H18N4OS. The molecule has 0 atom stereocenters. The number of rotatable bonds is 2. The van der Waals surface area contributed by atoms with Gasteiger partial charge in [-0.1, -0.05) is 32.9 Å². The van der Waals surface area contributed by atoms with Crippen molar-refractivity contribution in [2.24, 2.45) is 0 Å². The molecule has 6 heteroatoms. The molecule has 1 amide bonds. The van der Waals surface area contributed by atoms with Crippen LogP contribution >= 0.6 is 12.2 Å². The molecule has 0 aliphatic rings. The lowest BCUT2D eigenvalue weighted by molar-refractivity contribution is 0.0977. The Morgan fingerprint density at radius 1 is 1.14 bits per heavy atom. The van der Waals surface area contributed by atoms with Crippen LogP contribution in [0.1, 0.15) is 36.7 Å². The van der Waals surface area contributed by atoms with E-state index in [1.807, 2.05) is 12.1 Å². The van der Waals surface area contributed by atoms with E-state index in [-0.39, 0.29) is 16.4 Å². The fourth-order valence-corrected chi connectivity index (χ4v) is 2.01. The van der Waals surface area contributed by atoms with Gasteiger partial charge in [-0.05, 0) is 35.3 Å². The Morgan fingerprint density at radius 3 is 2.36 bits per heavy atom. The summed E-state index contributed by atoms with van der Waals surface area (Å²) >= 11 is 5.09. The van der Waals surface area contributed by atoms with Gasteiger partial charge in [-0.2, -0.15) is 0 Å². The first kappa shape index (κ1) is 16.0. The van der Waals surface area contributed by atoms with E-state index in [2.05, 4.69) is 41.4 Å². The molecule has 2 aromatic rings. The zero-order valence-corrected chi connectivity index (χ0v) is 13.6. The zero-order chi connectivity index (χ0) is 16.2. The van der Waals surface area contributed by atoms with Gasteiger partial charge in [-0.3, -0.25) is 15.1 Å². The van der Waals surface area contributed by atoms with E-state index in [0.29, 0.717) is 11.4 Å². The van der Waals surface area contributed by atoms with Crippen molar-refractivity contribution in [3.63, 3.8) is 0 Å². The van der Waals surface area contributed by atoms with Gasteiger partial charge in [0, 0.05) is 18.0 Å². The van der Waals surface area contributed by atoms with Crippen LogP contribution in [0, 0.1) is 0 Å². The summed E-state index contributed by atoms with van der Waals surface area (Å²) < 4.78 is 0. The first-order chi connectivity index (χ1) is 10.4. The summed E-state index contributed by atoms with van der Waals surface area (Å²) in [5.74, 6) is 0.220. The summed E-state index contributed by atoms with van der Waals surface area (Å²) in [6.07, 6.45) is 4.62. The lowest BCUT2D eigenvalue weighted by Gasteiger charge is -2.19. The number of nitrogens with zero attached hydrogens (tertiary/aromatic N) is 2. The molecule has 1 heterocycles. The summed E-state index contributed by atoms with van der Waals surface area (Å²) in [6, 6.07) is 7.49. The highest BCUT2D eigenvalue weighted by Crippen LogP contribution is 2.22. The average molecular weight is 314 g/mol. The van der Waals surface area contributed by atoms with E-state index >= 15 is 0 Å². The fraction of sp³-hybridized carbons (Fsp3) is 0.250. The van der Waals surface area contributed by atoms with E-state index in [4.69, 9.17) is 12.2 Å². The normalized spacial score (nSPS) is 10.9. The number of benzene rings is 1. The fourth-order valence-electron chi connectivity index (χ4n) is 1.81. The molecule has 0 aliphatic carbocycles. The SMILES string of the molecule is CC(C)(C)c1ccc(C(=O)NC(=S)Nc2cnccn2)cc1. The molecule has 1 aromatic carbocycles. The van der Waals surface area contributed by atoms with Crippen LogP contribution in [0.5, 0.6) is 0 Å². The Balaban J connectivity index is 1.98. The number of hydrogen-bond acceptors (Lipinski definition) is 4. The predicted octanol–water partition coefficient (Wildman–Crippen LogP) is 2.90. The second kappa shape index (κ2) is 6.62. The van der Waals surface area contributed by atoms with Gasteiger partial charge in [-0.25, -0.2) is 4.98 Å². The van der Waals surface area contributed by atoms with Crippen molar-refractivity contribution in [1.82, 2.24) is 15.3 Å². The van der Waals surface area contributed by atoms with Crippen LogP contribution in [0.15, 0.2) is 42.9 Å². The highest BCUT2D eigenvalue weighted by atomic mass is 32.1. The van der Waals surface area contributed by atoms with Crippen LogP contribution in [0.2, 0.25) is 0 Å². The number of carbonyl (C=O) groups excluding carboxylic acids is 1. The number of hydrogen-bond donors (Lipinski definition) is 2. The Hall–Kier alpha value is -2.34. The van der Waals surface area contributed by atoms with E-state index in [0.717, 1.165) is 0 Å². The molecule has 22 heavy (non-hydrogen) atoms. The smallest absolute Gasteiger partial charge is 0.257 e. The monoisotopic (exact) mass is 314 g/mol. The second-order valence-corrected chi connectivity index (χ2v) is 6.23. The van der Waals surface area contributed by atoms with Gasteiger partial charge in [0.2, 0.25) is 0 Å². The maximum absolute atomic E-state index is 12.1. The maximum atomic E-state index is 12.1. The highest BCUT2D eigenvalue weighted by Gasteiger charge is 2.14. The van der Waals surface area contributed by atoms with E-state index in [1.54, 1.807) is 18.3 Å². The lowest BCUT2D eigenvalue weighted by atomic mass is 9.87. The molecule has 0 unspecified atom stereocenters. The topological polar surface area (TPSA) is 66.9 Å². The zero-order valence-electron chi connectivity index (χ0n) is 12.8. The van der Waals surface area contributed by atoms with Crippen LogP contribution in [-0.4, -0.2) is 21.0 Å². The van der Waals surface area contributed by atoms with Gasteiger partial charge in [-0.15, -0.1) is 0 Å². The number of anilines is 1. The molecule has 0 aliphatic heterocycles. The molecular weight excluding hydrogens is 296 g/mol.